The minimum atomic E-state index is -0.324. The van der Waals surface area contributed by atoms with Crippen molar-refractivity contribution in [1.29, 1.82) is 0 Å². The normalized spacial score (nSPS) is 14.3. The number of carbonyl (C=O) groups is 2. The van der Waals surface area contributed by atoms with Crippen LogP contribution < -0.4 is 10.3 Å². The van der Waals surface area contributed by atoms with Crippen molar-refractivity contribution in [3.05, 3.63) is 58.6 Å². The molecule has 2 aromatic carbocycles. The summed E-state index contributed by atoms with van der Waals surface area (Å²) >= 11 is 5.99. The Hall–Kier alpha value is -2.66. The summed E-state index contributed by atoms with van der Waals surface area (Å²) in [6, 6.07) is 12.7. The number of benzene rings is 2. The maximum absolute atomic E-state index is 12.5. The molecule has 128 valence electrons. The second kappa shape index (κ2) is 7.07. The first kappa shape index (κ1) is 17.2. The molecule has 0 radical (unpaired) electrons. The minimum absolute atomic E-state index is 0.126. The van der Waals surface area contributed by atoms with Crippen LogP contribution in [0.3, 0.4) is 0 Å². The molecule has 0 unspecified atom stereocenters. The van der Waals surface area contributed by atoms with Gasteiger partial charge in [-0.2, -0.15) is 5.10 Å². The van der Waals surface area contributed by atoms with Gasteiger partial charge < -0.3 is 5.32 Å². The van der Waals surface area contributed by atoms with Gasteiger partial charge in [-0.3, -0.25) is 9.59 Å². The number of aryl methyl sites for hydroxylation is 2. The molecule has 0 atom stereocenters. The molecule has 0 spiro atoms. The lowest BCUT2D eigenvalue weighted by atomic mass is 10.1. The topological polar surface area (TPSA) is 61.8 Å². The molecule has 1 N–H and O–H groups in total. The third-order valence-corrected chi connectivity index (χ3v) is 4.26. The molecule has 25 heavy (non-hydrogen) atoms. The summed E-state index contributed by atoms with van der Waals surface area (Å²) in [4.78, 5) is 24.7. The highest BCUT2D eigenvalue weighted by atomic mass is 35.5. The molecule has 1 heterocycles. The third kappa shape index (κ3) is 3.88. The second-order valence-electron chi connectivity index (χ2n) is 6.00. The van der Waals surface area contributed by atoms with Crippen LogP contribution in [0, 0.1) is 13.8 Å². The van der Waals surface area contributed by atoms with Crippen molar-refractivity contribution >= 4 is 40.5 Å². The van der Waals surface area contributed by atoms with Crippen molar-refractivity contribution in [1.82, 2.24) is 0 Å². The van der Waals surface area contributed by atoms with Gasteiger partial charge in [0.05, 0.1) is 5.69 Å². The highest BCUT2D eigenvalue weighted by molar-refractivity contribution is 6.44. The fourth-order valence-electron chi connectivity index (χ4n) is 2.53. The number of hydrazone groups is 1. The highest BCUT2D eigenvalue weighted by Gasteiger charge is 2.25. The lowest BCUT2D eigenvalue weighted by Crippen LogP contribution is -2.36. The van der Waals surface area contributed by atoms with Gasteiger partial charge in [0.1, 0.15) is 5.71 Å². The zero-order valence-corrected chi connectivity index (χ0v) is 14.8. The number of amides is 2. The molecule has 0 bridgehead atoms. The molecule has 0 fully saturated rings. The van der Waals surface area contributed by atoms with Gasteiger partial charge in [0.25, 0.3) is 5.91 Å². The van der Waals surface area contributed by atoms with Gasteiger partial charge in [0, 0.05) is 23.6 Å². The van der Waals surface area contributed by atoms with Gasteiger partial charge in [-0.1, -0.05) is 35.4 Å². The summed E-state index contributed by atoms with van der Waals surface area (Å²) < 4.78 is 0. The molecule has 0 aliphatic carbocycles. The first-order valence-electron chi connectivity index (χ1n) is 7.98. The number of nitrogens with zero attached hydrogens (tertiary/aromatic N) is 2. The molecule has 2 amide bonds. The Kier molecular flexibility index (Phi) is 4.86. The Morgan fingerprint density at radius 1 is 1.12 bits per heavy atom. The summed E-state index contributed by atoms with van der Waals surface area (Å²) in [7, 11) is 0. The Labute approximate surface area is 151 Å². The Bertz CT molecular complexity index is 859. The van der Waals surface area contributed by atoms with Crippen LogP contribution >= 0.6 is 11.6 Å². The molecule has 0 saturated heterocycles. The third-order valence-electron chi connectivity index (χ3n) is 4.02. The second-order valence-corrected chi connectivity index (χ2v) is 6.44. The highest BCUT2D eigenvalue weighted by Crippen LogP contribution is 2.23. The molecule has 1 aliphatic rings. The van der Waals surface area contributed by atoms with Crippen LogP contribution in [0.1, 0.15) is 24.0 Å². The summed E-state index contributed by atoms with van der Waals surface area (Å²) in [5.74, 6) is -0.450. The quantitative estimate of drug-likeness (QED) is 0.901. The zero-order valence-electron chi connectivity index (χ0n) is 14.0. The number of halogens is 1. The van der Waals surface area contributed by atoms with Crippen LogP contribution in [0.15, 0.2) is 47.6 Å². The molecule has 2 aromatic rings. The standard InChI is InChI=1S/C19H18ClN3O2/c1-12-3-7-15(8-4-12)23-18(24)10-9-16(22-23)19(25)21-17-11-14(20)6-5-13(17)2/h3-8,11H,9-10H2,1-2H3,(H,21,25). The van der Waals surface area contributed by atoms with Gasteiger partial charge in [0.15, 0.2) is 0 Å². The first-order valence-corrected chi connectivity index (χ1v) is 8.36. The smallest absolute Gasteiger partial charge is 0.271 e. The summed E-state index contributed by atoms with van der Waals surface area (Å²) in [6.07, 6.45) is 0.557. The largest absolute Gasteiger partial charge is 0.321 e. The van der Waals surface area contributed by atoms with E-state index < -0.39 is 0 Å². The predicted molar refractivity (Wildman–Crippen MR) is 100 cm³/mol. The first-order chi connectivity index (χ1) is 11.9. The number of anilines is 2. The van der Waals surface area contributed by atoms with Crippen LogP contribution in [0.4, 0.5) is 11.4 Å². The van der Waals surface area contributed by atoms with Gasteiger partial charge in [-0.15, -0.1) is 0 Å². The van der Waals surface area contributed by atoms with Crippen LogP contribution in [-0.4, -0.2) is 17.5 Å². The van der Waals surface area contributed by atoms with E-state index in [2.05, 4.69) is 10.4 Å². The Morgan fingerprint density at radius 2 is 1.84 bits per heavy atom. The summed E-state index contributed by atoms with van der Waals surface area (Å²) in [5, 5.41) is 8.93. The molecular formula is C19H18ClN3O2. The molecule has 3 rings (SSSR count). The Balaban J connectivity index is 1.84. The average molecular weight is 356 g/mol. The lowest BCUT2D eigenvalue weighted by Gasteiger charge is -2.23. The van der Waals surface area contributed by atoms with E-state index >= 15 is 0 Å². The van der Waals surface area contributed by atoms with E-state index in [-0.39, 0.29) is 18.2 Å². The maximum atomic E-state index is 12.5. The summed E-state index contributed by atoms with van der Waals surface area (Å²) in [6.45, 7) is 3.86. The van der Waals surface area contributed by atoms with Crippen LogP contribution in [0.5, 0.6) is 0 Å². The van der Waals surface area contributed by atoms with Crippen molar-refractivity contribution in [3.63, 3.8) is 0 Å². The van der Waals surface area contributed by atoms with E-state index in [1.807, 2.05) is 44.2 Å². The van der Waals surface area contributed by atoms with E-state index in [1.54, 1.807) is 12.1 Å². The van der Waals surface area contributed by atoms with Gasteiger partial charge in [-0.25, -0.2) is 5.01 Å². The maximum Gasteiger partial charge on any atom is 0.271 e. The number of hydrogen-bond acceptors (Lipinski definition) is 3. The molecule has 0 saturated carbocycles. The predicted octanol–water partition coefficient (Wildman–Crippen LogP) is 4.08. The monoisotopic (exact) mass is 355 g/mol. The minimum Gasteiger partial charge on any atom is -0.321 e. The van der Waals surface area contributed by atoms with Gasteiger partial charge in [-0.05, 0) is 43.7 Å². The van der Waals surface area contributed by atoms with E-state index in [4.69, 9.17) is 11.6 Å². The molecular weight excluding hydrogens is 338 g/mol. The van der Waals surface area contributed by atoms with E-state index in [0.29, 0.717) is 28.5 Å². The fourth-order valence-corrected chi connectivity index (χ4v) is 2.70. The van der Waals surface area contributed by atoms with Crippen molar-refractivity contribution in [3.8, 4) is 0 Å². The SMILES string of the molecule is Cc1ccc(N2N=C(C(=O)Nc3cc(Cl)ccc3C)CCC2=O)cc1. The van der Waals surface area contributed by atoms with E-state index in [0.717, 1.165) is 11.1 Å². The van der Waals surface area contributed by atoms with Crippen molar-refractivity contribution in [2.45, 2.75) is 26.7 Å². The average Bonchev–Trinajstić information content (AvgIpc) is 2.59. The van der Waals surface area contributed by atoms with Crippen LogP contribution in [0.25, 0.3) is 0 Å². The summed E-state index contributed by atoms with van der Waals surface area (Å²) in [5.41, 5.74) is 3.60. The fraction of sp³-hybridized carbons (Fsp3) is 0.211. The van der Waals surface area contributed by atoms with Crippen molar-refractivity contribution in [2.24, 2.45) is 5.10 Å². The van der Waals surface area contributed by atoms with E-state index in [1.165, 1.54) is 5.01 Å². The van der Waals surface area contributed by atoms with Crippen LogP contribution in [0.2, 0.25) is 5.02 Å². The lowest BCUT2D eigenvalue weighted by molar-refractivity contribution is -0.118. The molecule has 5 nitrogen and oxygen atoms in total. The van der Waals surface area contributed by atoms with Crippen LogP contribution in [-0.2, 0) is 9.59 Å². The molecule has 1 aliphatic heterocycles. The number of nitrogens with one attached hydrogen (secondary N) is 1. The number of rotatable bonds is 3. The number of carbonyl (C=O) groups excluding carboxylic acids is 2. The van der Waals surface area contributed by atoms with Gasteiger partial charge >= 0.3 is 0 Å². The van der Waals surface area contributed by atoms with E-state index in [9.17, 15) is 9.59 Å². The molecule has 0 aromatic heterocycles. The number of hydrogen-bond donors (Lipinski definition) is 1. The van der Waals surface area contributed by atoms with Gasteiger partial charge in [0.2, 0.25) is 5.91 Å². The van der Waals surface area contributed by atoms with Crippen molar-refractivity contribution < 1.29 is 9.59 Å². The molecule has 6 heteroatoms. The zero-order chi connectivity index (χ0) is 18.0. The Morgan fingerprint density at radius 3 is 2.56 bits per heavy atom. The van der Waals surface area contributed by atoms with Crippen molar-refractivity contribution in [2.75, 3.05) is 10.3 Å².